The summed E-state index contributed by atoms with van der Waals surface area (Å²) in [5.41, 5.74) is 4.54. The fourth-order valence-electron chi connectivity index (χ4n) is 1.17. The van der Waals surface area contributed by atoms with Crippen LogP contribution in [0.4, 0.5) is 13.2 Å². The number of benzene rings is 1. The van der Waals surface area contributed by atoms with Crippen LogP contribution >= 0.6 is 0 Å². The van der Waals surface area contributed by atoms with E-state index in [0.717, 1.165) is 12.1 Å². The van der Waals surface area contributed by atoms with Crippen LogP contribution in [0.1, 0.15) is 22.7 Å². The monoisotopic (exact) mass is 225 g/mol. The minimum absolute atomic E-state index is 0.120. The van der Waals surface area contributed by atoms with E-state index in [0.29, 0.717) is 0 Å². The summed E-state index contributed by atoms with van der Waals surface area (Å²) < 4.78 is 37.0. The smallest absolute Gasteiger partial charge is 0.316 e. The van der Waals surface area contributed by atoms with Crippen molar-refractivity contribution in [3.8, 4) is 12.1 Å². The van der Waals surface area contributed by atoms with Gasteiger partial charge in [-0.25, -0.2) is 0 Å². The number of nitrogens with two attached hydrogens (primary N) is 1. The SMILES string of the molecule is N#Cc1ccc([C@H](N)C(F)(F)F)c(C#N)c1. The first-order chi connectivity index (χ1) is 7.40. The zero-order chi connectivity index (χ0) is 12.3. The highest BCUT2D eigenvalue weighted by molar-refractivity contribution is 5.46. The van der Waals surface area contributed by atoms with Crippen molar-refractivity contribution >= 4 is 0 Å². The molecule has 0 heterocycles. The molecule has 0 saturated heterocycles. The molecule has 0 aliphatic rings. The predicted octanol–water partition coefficient (Wildman–Crippen LogP) is 1.99. The average Bonchev–Trinajstić information content (AvgIpc) is 2.26. The quantitative estimate of drug-likeness (QED) is 0.794. The molecule has 0 fully saturated rings. The van der Waals surface area contributed by atoms with Crippen LogP contribution in [0.15, 0.2) is 18.2 Å². The summed E-state index contributed by atoms with van der Waals surface area (Å²) in [6.45, 7) is 0. The van der Waals surface area contributed by atoms with Gasteiger partial charge in [0.15, 0.2) is 0 Å². The summed E-state index contributed by atoms with van der Waals surface area (Å²) in [6.07, 6.45) is -4.61. The maximum Gasteiger partial charge on any atom is 0.407 e. The molecule has 0 aliphatic heterocycles. The van der Waals surface area contributed by atoms with Gasteiger partial charge in [0.2, 0.25) is 0 Å². The third-order valence-electron chi connectivity index (χ3n) is 1.99. The first-order valence-electron chi connectivity index (χ1n) is 4.16. The fourth-order valence-corrected chi connectivity index (χ4v) is 1.17. The summed E-state index contributed by atoms with van der Waals surface area (Å²) >= 11 is 0. The maximum absolute atomic E-state index is 12.3. The number of halogens is 3. The third-order valence-corrected chi connectivity index (χ3v) is 1.99. The van der Waals surface area contributed by atoms with Crippen LogP contribution in [0, 0.1) is 22.7 Å². The topological polar surface area (TPSA) is 73.6 Å². The van der Waals surface area contributed by atoms with Crippen molar-refractivity contribution in [2.24, 2.45) is 5.73 Å². The van der Waals surface area contributed by atoms with Gasteiger partial charge in [-0.15, -0.1) is 0 Å². The molecular weight excluding hydrogens is 219 g/mol. The molecule has 0 aromatic heterocycles. The Labute approximate surface area is 89.5 Å². The van der Waals surface area contributed by atoms with Crippen LogP contribution in [0.5, 0.6) is 0 Å². The van der Waals surface area contributed by atoms with Gasteiger partial charge in [-0.2, -0.15) is 23.7 Å². The minimum Gasteiger partial charge on any atom is -0.316 e. The van der Waals surface area contributed by atoms with Crippen molar-refractivity contribution in [2.45, 2.75) is 12.2 Å². The molecule has 1 aromatic rings. The van der Waals surface area contributed by atoms with Crippen LogP contribution in [-0.4, -0.2) is 6.18 Å². The summed E-state index contributed by atoms with van der Waals surface area (Å²) in [5.74, 6) is 0. The Morgan fingerprint density at radius 1 is 1.19 bits per heavy atom. The zero-order valence-corrected chi connectivity index (χ0v) is 7.92. The summed E-state index contributed by atoms with van der Waals surface area (Å²) in [7, 11) is 0. The lowest BCUT2D eigenvalue weighted by atomic mass is 9.99. The molecule has 0 bridgehead atoms. The van der Waals surface area contributed by atoms with Crippen molar-refractivity contribution in [1.82, 2.24) is 0 Å². The Hall–Kier alpha value is -2.05. The lowest BCUT2D eigenvalue weighted by molar-refractivity contribution is -0.149. The van der Waals surface area contributed by atoms with Gasteiger partial charge >= 0.3 is 6.18 Å². The molecule has 16 heavy (non-hydrogen) atoms. The molecule has 82 valence electrons. The highest BCUT2D eigenvalue weighted by Crippen LogP contribution is 2.32. The number of alkyl halides is 3. The molecule has 1 atom stereocenters. The number of hydrogen-bond acceptors (Lipinski definition) is 3. The number of nitriles is 2. The van der Waals surface area contributed by atoms with Gasteiger partial charge < -0.3 is 5.73 Å². The van der Waals surface area contributed by atoms with Gasteiger partial charge in [-0.05, 0) is 17.7 Å². The Morgan fingerprint density at radius 2 is 1.81 bits per heavy atom. The maximum atomic E-state index is 12.3. The number of nitrogens with zero attached hydrogens (tertiary/aromatic N) is 2. The standard InChI is InChI=1S/C10H6F3N3/c11-10(12,13)9(16)8-2-1-6(4-14)3-7(8)5-15/h1-3,9H,16H2/t9-/m0/s1. The van der Waals surface area contributed by atoms with Gasteiger partial charge in [0.25, 0.3) is 0 Å². The van der Waals surface area contributed by atoms with Gasteiger partial charge in [0.05, 0.1) is 23.3 Å². The Kier molecular flexibility index (Phi) is 3.17. The Bertz CT molecular complexity index is 480. The highest BCUT2D eigenvalue weighted by atomic mass is 19.4. The van der Waals surface area contributed by atoms with Crippen molar-refractivity contribution in [2.75, 3.05) is 0 Å². The van der Waals surface area contributed by atoms with E-state index < -0.39 is 12.2 Å². The van der Waals surface area contributed by atoms with Crippen molar-refractivity contribution in [3.63, 3.8) is 0 Å². The molecule has 0 amide bonds. The molecule has 0 spiro atoms. The molecule has 1 rings (SSSR count). The van der Waals surface area contributed by atoms with E-state index in [-0.39, 0.29) is 16.7 Å². The van der Waals surface area contributed by atoms with Crippen molar-refractivity contribution in [1.29, 1.82) is 10.5 Å². The van der Waals surface area contributed by atoms with Crippen LogP contribution < -0.4 is 5.73 Å². The minimum atomic E-state index is -4.61. The molecule has 1 aromatic carbocycles. The second-order valence-electron chi connectivity index (χ2n) is 3.04. The lowest BCUT2D eigenvalue weighted by Gasteiger charge is -2.16. The molecule has 0 saturated carbocycles. The van der Waals surface area contributed by atoms with Gasteiger partial charge in [0, 0.05) is 0 Å². The summed E-state index contributed by atoms with van der Waals surface area (Å²) in [6, 6.07) is 4.44. The molecule has 2 N–H and O–H groups in total. The van der Waals surface area contributed by atoms with E-state index in [2.05, 4.69) is 0 Å². The van der Waals surface area contributed by atoms with Crippen LogP contribution in [0.25, 0.3) is 0 Å². The predicted molar refractivity (Wildman–Crippen MR) is 48.9 cm³/mol. The molecule has 6 heteroatoms. The summed E-state index contributed by atoms with van der Waals surface area (Å²) in [5, 5.41) is 17.2. The normalized spacial score (nSPS) is 12.6. The van der Waals surface area contributed by atoms with Crippen LogP contribution in [0.2, 0.25) is 0 Å². The van der Waals surface area contributed by atoms with Gasteiger partial charge in [-0.3, -0.25) is 0 Å². The van der Waals surface area contributed by atoms with Gasteiger partial charge in [-0.1, -0.05) is 6.07 Å². The van der Waals surface area contributed by atoms with Crippen molar-refractivity contribution in [3.05, 3.63) is 34.9 Å². The van der Waals surface area contributed by atoms with E-state index in [1.54, 1.807) is 12.1 Å². The largest absolute Gasteiger partial charge is 0.407 e. The van der Waals surface area contributed by atoms with Crippen LogP contribution in [0.3, 0.4) is 0 Å². The molecular formula is C10H6F3N3. The number of rotatable bonds is 1. The lowest BCUT2D eigenvalue weighted by Crippen LogP contribution is -2.29. The van der Waals surface area contributed by atoms with Gasteiger partial charge in [0.1, 0.15) is 6.04 Å². The highest BCUT2D eigenvalue weighted by Gasteiger charge is 2.39. The second kappa shape index (κ2) is 4.21. The van der Waals surface area contributed by atoms with Crippen LogP contribution in [-0.2, 0) is 0 Å². The molecule has 3 nitrogen and oxygen atoms in total. The van der Waals surface area contributed by atoms with E-state index >= 15 is 0 Å². The Balaban J connectivity index is 3.27. The molecule has 0 radical (unpaired) electrons. The average molecular weight is 225 g/mol. The Morgan fingerprint density at radius 3 is 2.25 bits per heavy atom. The molecule has 0 aliphatic carbocycles. The van der Waals surface area contributed by atoms with E-state index in [1.165, 1.54) is 6.07 Å². The van der Waals surface area contributed by atoms with Crippen molar-refractivity contribution < 1.29 is 13.2 Å². The van der Waals surface area contributed by atoms with E-state index in [1.807, 2.05) is 0 Å². The first-order valence-corrected chi connectivity index (χ1v) is 4.16. The van der Waals surface area contributed by atoms with E-state index in [9.17, 15) is 13.2 Å². The zero-order valence-electron chi connectivity index (χ0n) is 7.92. The molecule has 0 unspecified atom stereocenters. The summed E-state index contributed by atoms with van der Waals surface area (Å²) in [4.78, 5) is 0. The van der Waals surface area contributed by atoms with E-state index in [4.69, 9.17) is 16.3 Å². The fraction of sp³-hybridized carbons (Fsp3) is 0.200. The number of hydrogen-bond donors (Lipinski definition) is 1. The second-order valence-corrected chi connectivity index (χ2v) is 3.04. The first kappa shape index (κ1) is 12.0. The third kappa shape index (κ3) is 2.30.